The lowest BCUT2D eigenvalue weighted by molar-refractivity contribution is -0.137. The molecule has 3 rings (SSSR count). The molecule has 0 aliphatic carbocycles. The Morgan fingerprint density at radius 2 is 1.67 bits per heavy atom. The van der Waals surface area contributed by atoms with Crippen molar-refractivity contribution < 1.29 is 22.7 Å². The van der Waals surface area contributed by atoms with Crippen LogP contribution in [0, 0.1) is 0 Å². The van der Waals surface area contributed by atoms with E-state index in [0.717, 1.165) is 43.6 Å². The fourth-order valence-electron chi connectivity index (χ4n) is 2.89. The normalized spacial score (nSPS) is 15.4. The summed E-state index contributed by atoms with van der Waals surface area (Å²) in [7, 11) is 0. The Kier molecular flexibility index (Phi) is 6.01. The standard InChI is InChI=1S/C20H21F3N2O2/c21-20(22,23)16-5-7-18(8-6-16)27-13-14-1-3-15(4-2-14)19(26)25-17-9-11-24-12-10-17/h1-8,17,24H,9-13H2,(H,25,26). The van der Waals surface area contributed by atoms with Crippen molar-refractivity contribution in [1.82, 2.24) is 10.6 Å². The highest BCUT2D eigenvalue weighted by molar-refractivity contribution is 5.94. The van der Waals surface area contributed by atoms with Gasteiger partial charge < -0.3 is 15.4 Å². The van der Waals surface area contributed by atoms with Gasteiger partial charge in [0.1, 0.15) is 12.4 Å². The van der Waals surface area contributed by atoms with Crippen LogP contribution in [-0.4, -0.2) is 25.0 Å². The Hall–Kier alpha value is -2.54. The molecule has 2 aromatic carbocycles. The molecule has 1 aliphatic heterocycles. The van der Waals surface area contributed by atoms with E-state index in [4.69, 9.17) is 4.74 Å². The molecular formula is C20H21F3N2O2. The lowest BCUT2D eigenvalue weighted by atomic mass is 10.1. The minimum Gasteiger partial charge on any atom is -0.489 e. The van der Waals surface area contributed by atoms with Crippen molar-refractivity contribution in [1.29, 1.82) is 0 Å². The molecule has 2 N–H and O–H groups in total. The number of carbonyl (C=O) groups is 1. The molecule has 7 heteroatoms. The third kappa shape index (κ3) is 5.47. The number of nitrogens with one attached hydrogen (secondary N) is 2. The molecule has 1 aliphatic rings. The second-order valence-corrected chi connectivity index (χ2v) is 6.51. The van der Waals surface area contributed by atoms with Crippen LogP contribution in [0.25, 0.3) is 0 Å². The first kappa shape index (κ1) is 19.2. The number of amides is 1. The average molecular weight is 378 g/mol. The van der Waals surface area contributed by atoms with E-state index in [1.165, 1.54) is 12.1 Å². The van der Waals surface area contributed by atoms with Gasteiger partial charge in [0.05, 0.1) is 5.56 Å². The van der Waals surface area contributed by atoms with Crippen LogP contribution in [0.5, 0.6) is 5.75 Å². The van der Waals surface area contributed by atoms with Gasteiger partial charge in [-0.2, -0.15) is 13.2 Å². The Bertz CT molecular complexity index is 752. The van der Waals surface area contributed by atoms with Gasteiger partial charge in [-0.1, -0.05) is 12.1 Å². The van der Waals surface area contributed by atoms with Crippen molar-refractivity contribution in [2.24, 2.45) is 0 Å². The molecule has 0 atom stereocenters. The quantitative estimate of drug-likeness (QED) is 0.833. The molecule has 27 heavy (non-hydrogen) atoms. The molecule has 0 unspecified atom stereocenters. The van der Waals surface area contributed by atoms with Gasteiger partial charge in [-0.25, -0.2) is 0 Å². The topological polar surface area (TPSA) is 50.4 Å². The number of hydrogen-bond acceptors (Lipinski definition) is 3. The first-order valence-electron chi connectivity index (χ1n) is 8.82. The smallest absolute Gasteiger partial charge is 0.416 e. The summed E-state index contributed by atoms with van der Waals surface area (Å²) in [4.78, 5) is 12.3. The van der Waals surface area contributed by atoms with E-state index in [0.29, 0.717) is 11.3 Å². The van der Waals surface area contributed by atoms with Crippen LogP contribution in [-0.2, 0) is 12.8 Å². The van der Waals surface area contributed by atoms with Gasteiger partial charge in [0.15, 0.2) is 0 Å². The Morgan fingerprint density at radius 1 is 1.04 bits per heavy atom. The van der Waals surface area contributed by atoms with Gasteiger partial charge in [0.25, 0.3) is 5.91 Å². The minimum absolute atomic E-state index is 0.0999. The van der Waals surface area contributed by atoms with Crippen LogP contribution >= 0.6 is 0 Å². The van der Waals surface area contributed by atoms with E-state index in [9.17, 15) is 18.0 Å². The molecule has 1 heterocycles. The molecule has 1 amide bonds. The molecule has 0 aromatic heterocycles. The van der Waals surface area contributed by atoms with Crippen molar-refractivity contribution in [3.8, 4) is 5.75 Å². The highest BCUT2D eigenvalue weighted by Gasteiger charge is 2.30. The van der Waals surface area contributed by atoms with Crippen LogP contribution < -0.4 is 15.4 Å². The lowest BCUT2D eigenvalue weighted by Gasteiger charge is -2.23. The zero-order valence-electron chi connectivity index (χ0n) is 14.7. The largest absolute Gasteiger partial charge is 0.489 e. The molecular weight excluding hydrogens is 357 g/mol. The van der Waals surface area contributed by atoms with E-state index >= 15 is 0 Å². The number of piperidine rings is 1. The van der Waals surface area contributed by atoms with Gasteiger partial charge in [-0.05, 0) is 67.9 Å². The molecule has 2 aromatic rings. The summed E-state index contributed by atoms with van der Waals surface area (Å²) in [5.74, 6) is 0.257. The SMILES string of the molecule is O=C(NC1CCNCC1)c1ccc(COc2ccc(C(F)(F)F)cc2)cc1. The summed E-state index contributed by atoms with van der Waals surface area (Å²) in [6.07, 6.45) is -2.52. The highest BCUT2D eigenvalue weighted by Crippen LogP contribution is 2.30. The zero-order chi connectivity index (χ0) is 19.3. The molecule has 0 radical (unpaired) electrons. The first-order chi connectivity index (χ1) is 12.9. The average Bonchev–Trinajstić information content (AvgIpc) is 2.67. The summed E-state index contributed by atoms with van der Waals surface area (Å²) in [6.45, 7) is 2.03. The fraction of sp³-hybridized carbons (Fsp3) is 0.350. The first-order valence-corrected chi connectivity index (χ1v) is 8.82. The molecule has 1 fully saturated rings. The van der Waals surface area contributed by atoms with Crippen LogP contribution in [0.3, 0.4) is 0 Å². The van der Waals surface area contributed by atoms with Crippen molar-refractivity contribution in [3.05, 3.63) is 65.2 Å². The monoisotopic (exact) mass is 378 g/mol. The van der Waals surface area contributed by atoms with Gasteiger partial charge in [0.2, 0.25) is 0 Å². The molecule has 1 saturated heterocycles. The van der Waals surface area contributed by atoms with Gasteiger partial charge in [-0.3, -0.25) is 4.79 Å². The number of halogens is 3. The number of ether oxygens (including phenoxy) is 1. The maximum Gasteiger partial charge on any atom is 0.416 e. The number of rotatable bonds is 5. The lowest BCUT2D eigenvalue weighted by Crippen LogP contribution is -2.42. The highest BCUT2D eigenvalue weighted by atomic mass is 19.4. The third-order valence-corrected chi connectivity index (χ3v) is 4.48. The maximum absolute atomic E-state index is 12.5. The third-order valence-electron chi connectivity index (χ3n) is 4.48. The molecule has 0 saturated carbocycles. The van der Waals surface area contributed by atoms with E-state index < -0.39 is 11.7 Å². The summed E-state index contributed by atoms with van der Waals surface area (Å²) >= 11 is 0. The molecule has 144 valence electrons. The van der Waals surface area contributed by atoms with Crippen LogP contribution in [0.2, 0.25) is 0 Å². The second-order valence-electron chi connectivity index (χ2n) is 6.51. The number of carbonyl (C=O) groups excluding carboxylic acids is 1. The van der Waals surface area contributed by atoms with Crippen LogP contribution in [0.1, 0.15) is 34.3 Å². The predicted octanol–water partition coefficient (Wildman–Crippen LogP) is 3.77. The summed E-state index contributed by atoms with van der Waals surface area (Å²) in [5, 5.41) is 6.28. The summed E-state index contributed by atoms with van der Waals surface area (Å²) in [5.41, 5.74) is 0.694. The number of hydrogen-bond donors (Lipinski definition) is 2. The van der Waals surface area contributed by atoms with E-state index in [1.54, 1.807) is 24.3 Å². The van der Waals surface area contributed by atoms with E-state index in [-0.39, 0.29) is 18.6 Å². The Labute approximate surface area is 155 Å². The second kappa shape index (κ2) is 8.43. The summed E-state index contributed by atoms with van der Waals surface area (Å²) in [6, 6.07) is 11.8. The number of benzene rings is 2. The predicted molar refractivity (Wildman–Crippen MR) is 95.6 cm³/mol. The fourth-order valence-corrected chi connectivity index (χ4v) is 2.89. The molecule has 4 nitrogen and oxygen atoms in total. The van der Waals surface area contributed by atoms with Crippen LogP contribution in [0.4, 0.5) is 13.2 Å². The maximum atomic E-state index is 12.5. The Balaban J connectivity index is 1.52. The van der Waals surface area contributed by atoms with Crippen LogP contribution in [0.15, 0.2) is 48.5 Å². The molecule has 0 spiro atoms. The van der Waals surface area contributed by atoms with E-state index in [2.05, 4.69) is 10.6 Å². The Morgan fingerprint density at radius 3 is 2.26 bits per heavy atom. The van der Waals surface area contributed by atoms with Crippen molar-refractivity contribution in [2.45, 2.75) is 31.7 Å². The zero-order valence-corrected chi connectivity index (χ0v) is 14.7. The summed E-state index contributed by atoms with van der Waals surface area (Å²) < 4.78 is 43.1. The van der Waals surface area contributed by atoms with Gasteiger partial charge in [-0.15, -0.1) is 0 Å². The van der Waals surface area contributed by atoms with E-state index in [1.807, 2.05) is 0 Å². The molecule has 0 bridgehead atoms. The van der Waals surface area contributed by atoms with Gasteiger partial charge >= 0.3 is 6.18 Å². The number of alkyl halides is 3. The van der Waals surface area contributed by atoms with Crippen molar-refractivity contribution in [3.63, 3.8) is 0 Å². The minimum atomic E-state index is -4.36. The van der Waals surface area contributed by atoms with Gasteiger partial charge in [0, 0.05) is 11.6 Å². The van der Waals surface area contributed by atoms with Crippen molar-refractivity contribution >= 4 is 5.91 Å². The van der Waals surface area contributed by atoms with Crippen molar-refractivity contribution in [2.75, 3.05) is 13.1 Å².